The number of halogens is 1. The van der Waals surface area contributed by atoms with E-state index in [4.69, 9.17) is 8.92 Å². The van der Waals surface area contributed by atoms with Gasteiger partial charge in [-0.1, -0.05) is 0 Å². The van der Waals surface area contributed by atoms with Crippen molar-refractivity contribution in [2.24, 2.45) is 0 Å². The minimum absolute atomic E-state index is 0.0878. The van der Waals surface area contributed by atoms with E-state index in [1.165, 1.54) is 9.21 Å². The summed E-state index contributed by atoms with van der Waals surface area (Å²) in [6.07, 6.45) is 2.87. The molecule has 0 amide bonds. The van der Waals surface area contributed by atoms with E-state index in [1.807, 2.05) is 0 Å². The van der Waals surface area contributed by atoms with Gasteiger partial charge in [-0.2, -0.15) is 0 Å². The zero-order valence-corrected chi connectivity index (χ0v) is 12.1. The third kappa shape index (κ3) is 6.27. The Morgan fingerprint density at radius 2 is 2.33 bits per heavy atom. The van der Waals surface area contributed by atoms with Gasteiger partial charge < -0.3 is 8.92 Å². The number of hydrogen-bond donors (Lipinski definition) is 1. The van der Waals surface area contributed by atoms with Crippen LogP contribution < -0.4 is 4.72 Å². The highest BCUT2D eigenvalue weighted by Crippen LogP contribution is 2.18. The van der Waals surface area contributed by atoms with Crippen LogP contribution in [0.4, 0.5) is 0 Å². The highest BCUT2D eigenvalue weighted by Gasteiger charge is 2.23. The van der Waals surface area contributed by atoms with Crippen LogP contribution in [0.3, 0.4) is 0 Å². The second-order valence-electron chi connectivity index (χ2n) is 3.47. The molecule has 1 fully saturated rings. The zero-order valence-electron chi connectivity index (χ0n) is 8.31. The summed E-state index contributed by atoms with van der Waals surface area (Å²) < 4.78 is 35.1. The molecule has 1 saturated heterocycles. The lowest BCUT2D eigenvalue weighted by atomic mass is 10.1. The summed E-state index contributed by atoms with van der Waals surface area (Å²) in [7, 11) is -1.84. The van der Waals surface area contributed by atoms with Gasteiger partial charge in [0.1, 0.15) is 0 Å². The average Bonchev–Trinajstić information content (AvgIpc) is 2.14. The van der Waals surface area contributed by atoms with E-state index in [0.717, 1.165) is 19.1 Å². The minimum atomic E-state index is -3.12. The fourth-order valence-electron chi connectivity index (χ4n) is 1.43. The van der Waals surface area contributed by atoms with Crippen molar-refractivity contribution >= 4 is 40.4 Å². The van der Waals surface area contributed by atoms with Crippen LogP contribution in [0, 0.1) is 0 Å². The first-order valence-corrected chi connectivity index (χ1v) is 9.68. The monoisotopic (exact) mass is 367 g/mol. The van der Waals surface area contributed by atoms with E-state index in [2.05, 4.69) is 25.9 Å². The molecule has 0 radical (unpaired) electrons. The van der Waals surface area contributed by atoms with Gasteiger partial charge in [0.15, 0.2) is 0 Å². The molecule has 90 valence electrons. The maximum atomic E-state index is 11.0. The van der Waals surface area contributed by atoms with Crippen molar-refractivity contribution in [3.63, 3.8) is 0 Å². The van der Waals surface area contributed by atoms with Gasteiger partial charge in [0.2, 0.25) is 10.0 Å². The van der Waals surface area contributed by atoms with Gasteiger partial charge in [-0.15, -0.1) is 0 Å². The van der Waals surface area contributed by atoms with E-state index in [1.54, 1.807) is 0 Å². The van der Waals surface area contributed by atoms with Crippen LogP contribution in [0.5, 0.6) is 0 Å². The summed E-state index contributed by atoms with van der Waals surface area (Å²) in [5, 5.41) is 0. The Morgan fingerprint density at radius 1 is 1.60 bits per heavy atom. The van der Waals surface area contributed by atoms with Crippen molar-refractivity contribution in [1.29, 1.82) is 0 Å². The molecule has 0 bridgehead atoms. The molecule has 2 atom stereocenters. The van der Waals surface area contributed by atoms with E-state index in [0.29, 0.717) is 13.2 Å². The Morgan fingerprint density at radius 3 is 2.80 bits per heavy atom. The third-order valence-electron chi connectivity index (χ3n) is 2.05. The van der Waals surface area contributed by atoms with Crippen LogP contribution in [-0.4, -0.2) is 40.0 Å². The Bertz CT molecular complexity index is 277. The first-order valence-electron chi connectivity index (χ1n) is 4.50. The summed E-state index contributed by atoms with van der Waals surface area (Å²) in [4.78, 5) is 0. The molecule has 0 aromatic rings. The summed E-state index contributed by atoms with van der Waals surface area (Å²) in [6.45, 7) is 0.978. The Labute approximate surface area is 107 Å². The van der Waals surface area contributed by atoms with Crippen molar-refractivity contribution in [3.05, 3.63) is 0 Å². The lowest BCUT2D eigenvalue weighted by Crippen LogP contribution is -2.43. The largest absolute Gasteiger partial charge is 0.374 e. The lowest BCUT2D eigenvalue weighted by molar-refractivity contribution is -0.0184. The van der Waals surface area contributed by atoms with Crippen LogP contribution in [0.25, 0.3) is 0 Å². The molecule has 0 aromatic heterocycles. The topological polar surface area (TPSA) is 64.6 Å². The number of rotatable bonds is 5. The van der Waals surface area contributed by atoms with E-state index >= 15 is 0 Å². The van der Waals surface area contributed by atoms with Gasteiger partial charge in [-0.3, -0.25) is 0 Å². The van der Waals surface area contributed by atoms with E-state index in [-0.39, 0.29) is 12.1 Å². The Hall–Kier alpha value is 0.910. The molecular weight excluding hydrogens is 353 g/mol. The summed E-state index contributed by atoms with van der Waals surface area (Å²) in [5.41, 5.74) is 0. The lowest BCUT2D eigenvalue weighted by Gasteiger charge is -2.28. The molecular formula is C7H14INO4S2. The van der Waals surface area contributed by atoms with Crippen LogP contribution in [-0.2, 0) is 18.9 Å². The van der Waals surface area contributed by atoms with Crippen LogP contribution >= 0.6 is 30.4 Å². The standard InChI is InChI=1S/C7H14INO4S2/c1-15(10,11)9-6-2-3-7(12-4-6)5-13-14-8/h6-7,9H,2-5H2,1H3/t6-,7+/m1/s1. The SMILES string of the molecule is CS(=O)(=O)N[C@@H]1CC[C@@H](COSI)OC1. The number of hydrogen-bond acceptors (Lipinski definition) is 5. The zero-order chi connectivity index (χ0) is 11.3. The molecule has 0 unspecified atom stereocenters. The quantitative estimate of drug-likeness (QED) is 0.582. The van der Waals surface area contributed by atoms with Crippen LogP contribution in [0.15, 0.2) is 0 Å². The maximum absolute atomic E-state index is 11.0. The van der Waals surface area contributed by atoms with Crippen LogP contribution in [0.1, 0.15) is 12.8 Å². The highest BCUT2D eigenvalue weighted by molar-refractivity contribution is 14.2. The van der Waals surface area contributed by atoms with Gasteiger partial charge in [0.25, 0.3) is 0 Å². The summed E-state index contributed by atoms with van der Waals surface area (Å²) in [5.74, 6) is 0. The second-order valence-corrected chi connectivity index (χ2v) is 6.69. The maximum Gasteiger partial charge on any atom is 0.209 e. The molecule has 1 N–H and O–H groups in total. The van der Waals surface area contributed by atoms with Gasteiger partial charge >= 0.3 is 0 Å². The fraction of sp³-hybridized carbons (Fsp3) is 1.00. The molecule has 1 aliphatic rings. The Kier molecular flexibility index (Phi) is 6.15. The number of sulfonamides is 1. The predicted molar refractivity (Wildman–Crippen MR) is 68.3 cm³/mol. The molecule has 0 aliphatic carbocycles. The van der Waals surface area contributed by atoms with Crippen molar-refractivity contribution in [3.8, 4) is 0 Å². The first-order chi connectivity index (χ1) is 7.01. The molecule has 5 nitrogen and oxygen atoms in total. The van der Waals surface area contributed by atoms with Crippen LogP contribution in [0.2, 0.25) is 0 Å². The fourth-order valence-corrected chi connectivity index (χ4v) is 2.87. The van der Waals surface area contributed by atoms with Crippen molar-refractivity contribution in [2.75, 3.05) is 19.5 Å². The smallest absolute Gasteiger partial charge is 0.209 e. The van der Waals surface area contributed by atoms with Crippen molar-refractivity contribution in [2.45, 2.75) is 25.0 Å². The van der Waals surface area contributed by atoms with E-state index in [9.17, 15) is 8.42 Å². The molecule has 0 saturated carbocycles. The molecule has 0 aromatic carbocycles. The molecule has 8 heteroatoms. The van der Waals surface area contributed by atoms with Crippen molar-refractivity contribution < 1.29 is 17.3 Å². The average molecular weight is 367 g/mol. The molecule has 1 rings (SSSR count). The third-order valence-corrected chi connectivity index (χ3v) is 3.80. The molecule has 1 aliphatic heterocycles. The van der Waals surface area contributed by atoms with Gasteiger partial charge in [0.05, 0.1) is 34.8 Å². The number of ether oxygens (including phenoxy) is 1. The second kappa shape index (κ2) is 6.60. The van der Waals surface area contributed by atoms with Crippen molar-refractivity contribution in [1.82, 2.24) is 4.72 Å². The van der Waals surface area contributed by atoms with Gasteiger partial charge in [-0.05, 0) is 12.8 Å². The number of nitrogens with one attached hydrogen (secondary N) is 1. The van der Waals surface area contributed by atoms with Gasteiger partial charge in [0, 0.05) is 27.2 Å². The summed E-state index contributed by atoms with van der Waals surface area (Å²) >= 11 is 2.05. The first kappa shape index (κ1) is 14.0. The predicted octanol–water partition coefficient (Wildman–Crippen LogP) is 1.10. The molecule has 0 spiro atoms. The van der Waals surface area contributed by atoms with Gasteiger partial charge in [-0.25, -0.2) is 13.1 Å². The van der Waals surface area contributed by atoms with E-state index < -0.39 is 10.0 Å². The Balaban J connectivity index is 2.24. The summed E-state index contributed by atoms with van der Waals surface area (Å²) in [6, 6.07) is -0.0940. The molecule has 1 heterocycles. The minimum Gasteiger partial charge on any atom is -0.374 e. The molecule has 15 heavy (non-hydrogen) atoms. The normalized spacial score (nSPS) is 27.9. The highest BCUT2D eigenvalue weighted by atomic mass is 127.